The van der Waals surface area contributed by atoms with E-state index in [4.69, 9.17) is 9.47 Å². The number of amides is 1. The maximum atomic E-state index is 12.3. The van der Waals surface area contributed by atoms with Crippen LogP contribution in [0.5, 0.6) is 11.5 Å². The van der Waals surface area contributed by atoms with E-state index in [-0.39, 0.29) is 17.2 Å². The zero-order chi connectivity index (χ0) is 18.0. The van der Waals surface area contributed by atoms with E-state index in [9.17, 15) is 13.2 Å². The second-order valence-electron chi connectivity index (χ2n) is 5.95. The van der Waals surface area contributed by atoms with Crippen LogP contribution in [0.4, 0.5) is 5.69 Å². The molecule has 1 amide bonds. The molecule has 1 aliphatic rings. The zero-order valence-electron chi connectivity index (χ0n) is 14.0. The molecule has 0 aromatic heterocycles. The Balaban J connectivity index is 1.75. The number of aryl methyl sites for hydroxylation is 1. The molecular weight excluding hydrogens is 342 g/mol. The van der Waals surface area contributed by atoms with Crippen LogP contribution in [0.1, 0.15) is 11.1 Å². The van der Waals surface area contributed by atoms with Crippen LogP contribution in [-0.4, -0.2) is 33.8 Å². The maximum Gasteiger partial charge on any atom is 0.228 e. The average Bonchev–Trinajstić information content (AvgIpc) is 2.55. The molecule has 25 heavy (non-hydrogen) atoms. The highest BCUT2D eigenvalue weighted by Gasteiger charge is 2.15. The van der Waals surface area contributed by atoms with Crippen LogP contribution >= 0.6 is 0 Å². The van der Waals surface area contributed by atoms with Crippen molar-refractivity contribution in [2.45, 2.75) is 18.2 Å². The Bertz CT molecular complexity index is 921. The number of carbonyl (C=O) groups is 1. The van der Waals surface area contributed by atoms with Gasteiger partial charge in [0.25, 0.3) is 0 Å². The van der Waals surface area contributed by atoms with Crippen molar-refractivity contribution in [2.24, 2.45) is 0 Å². The van der Waals surface area contributed by atoms with Gasteiger partial charge in [-0.3, -0.25) is 4.79 Å². The molecular formula is C18H19NO5S. The molecule has 2 aromatic carbocycles. The molecule has 7 heteroatoms. The first-order valence-electron chi connectivity index (χ1n) is 7.82. The predicted octanol–water partition coefficient (Wildman–Crippen LogP) is 2.35. The van der Waals surface area contributed by atoms with Gasteiger partial charge in [-0.15, -0.1) is 0 Å². The lowest BCUT2D eigenvalue weighted by atomic mass is 10.1. The van der Waals surface area contributed by atoms with Crippen molar-refractivity contribution in [3.8, 4) is 11.5 Å². The molecule has 132 valence electrons. The number of fused-ring (bicyclic) bond motifs is 1. The number of hydrogen-bond acceptors (Lipinski definition) is 5. The molecule has 0 saturated carbocycles. The third kappa shape index (κ3) is 4.11. The fraction of sp³-hybridized carbons (Fsp3) is 0.278. The van der Waals surface area contributed by atoms with Gasteiger partial charge < -0.3 is 14.8 Å². The van der Waals surface area contributed by atoms with Gasteiger partial charge in [0.05, 0.1) is 11.3 Å². The van der Waals surface area contributed by atoms with E-state index >= 15 is 0 Å². The number of hydrogen-bond donors (Lipinski definition) is 1. The van der Waals surface area contributed by atoms with Crippen molar-refractivity contribution in [3.05, 3.63) is 47.5 Å². The van der Waals surface area contributed by atoms with E-state index < -0.39 is 9.84 Å². The summed E-state index contributed by atoms with van der Waals surface area (Å²) in [5.41, 5.74) is 2.08. The van der Waals surface area contributed by atoms with Crippen LogP contribution in [0.3, 0.4) is 0 Å². The molecule has 0 fully saturated rings. The van der Waals surface area contributed by atoms with Gasteiger partial charge in [-0.2, -0.15) is 0 Å². The number of benzene rings is 2. The predicted molar refractivity (Wildman–Crippen MR) is 94.1 cm³/mol. The smallest absolute Gasteiger partial charge is 0.228 e. The van der Waals surface area contributed by atoms with Crippen LogP contribution in [0, 0.1) is 6.92 Å². The molecule has 0 radical (unpaired) electrons. The Morgan fingerprint density at radius 2 is 1.80 bits per heavy atom. The number of nitrogens with one attached hydrogen (secondary N) is 1. The molecule has 0 saturated heterocycles. The lowest BCUT2D eigenvalue weighted by molar-refractivity contribution is -0.115. The summed E-state index contributed by atoms with van der Waals surface area (Å²) in [5.74, 6) is 1.07. The lowest BCUT2D eigenvalue weighted by Gasteiger charge is -2.18. The van der Waals surface area contributed by atoms with Crippen molar-refractivity contribution in [2.75, 3.05) is 24.8 Å². The van der Waals surface area contributed by atoms with Crippen LogP contribution < -0.4 is 14.8 Å². The van der Waals surface area contributed by atoms with E-state index in [0.717, 1.165) is 17.4 Å². The molecule has 1 heterocycles. The topological polar surface area (TPSA) is 81.7 Å². The number of sulfone groups is 1. The summed E-state index contributed by atoms with van der Waals surface area (Å²) >= 11 is 0. The van der Waals surface area contributed by atoms with E-state index in [0.29, 0.717) is 30.4 Å². The monoisotopic (exact) mass is 361 g/mol. The number of carbonyl (C=O) groups excluding carboxylic acids is 1. The lowest BCUT2D eigenvalue weighted by Crippen LogP contribution is -2.17. The fourth-order valence-corrected chi connectivity index (χ4v) is 3.19. The van der Waals surface area contributed by atoms with Gasteiger partial charge in [-0.05, 0) is 42.3 Å². The van der Waals surface area contributed by atoms with E-state index in [2.05, 4.69) is 5.32 Å². The SMILES string of the molecule is Cc1ccc(S(C)(=O)=O)cc1NC(=O)Cc1ccc2c(c1)OCCO2. The summed E-state index contributed by atoms with van der Waals surface area (Å²) < 4.78 is 34.3. The third-order valence-corrected chi connectivity index (χ3v) is 4.99. The van der Waals surface area contributed by atoms with Gasteiger partial charge in [0.2, 0.25) is 5.91 Å². The van der Waals surface area contributed by atoms with E-state index in [1.54, 1.807) is 18.2 Å². The number of anilines is 1. The van der Waals surface area contributed by atoms with Crippen molar-refractivity contribution >= 4 is 21.4 Å². The minimum Gasteiger partial charge on any atom is -0.486 e. The van der Waals surface area contributed by atoms with Crippen LogP contribution in [0.2, 0.25) is 0 Å². The minimum atomic E-state index is -3.33. The first-order chi connectivity index (χ1) is 11.8. The molecule has 0 unspecified atom stereocenters. The number of rotatable bonds is 4. The van der Waals surface area contributed by atoms with Crippen LogP contribution in [0.25, 0.3) is 0 Å². The Labute approximate surface area is 146 Å². The third-order valence-electron chi connectivity index (χ3n) is 3.88. The molecule has 6 nitrogen and oxygen atoms in total. The molecule has 0 atom stereocenters. The van der Waals surface area contributed by atoms with E-state index in [1.807, 2.05) is 13.0 Å². The Morgan fingerprint density at radius 3 is 2.52 bits per heavy atom. The van der Waals surface area contributed by atoms with Gasteiger partial charge in [0.15, 0.2) is 21.3 Å². The van der Waals surface area contributed by atoms with Gasteiger partial charge in [-0.25, -0.2) is 8.42 Å². The molecule has 1 N–H and O–H groups in total. The Hall–Kier alpha value is -2.54. The van der Waals surface area contributed by atoms with Crippen molar-refractivity contribution in [3.63, 3.8) is 0 Å². The highest BCUT2D eigenvalue weighted by atomic mass is 32.2. The molecule has 0 bridgehead atoms. The van der Waals surface area contributed by atoms with Gasteiger partial charge in [0, 0.05) is 11.9 Å². The average molecular weight is 361 g/mol. The van der Waals surface area contributed by atoms with Crippen molar-refractivity contribution < 1.29 is 22.7 Å². The van der Waals surface area contributed by atoms with E-state index in [1.165, 1.54) is 12.1 Å². The zero-order valence-corrected chi connectivity index (χ0v) is 14.9. The second-order valence-corrected chi connectivity index (χ2v) is 7.97. The van der Waals surface area contributed by atoms with Gasteiger partial charge >= 0.3 is 0 Å². The van der Waals surface area contributed by atoms with Crippen LogP contribution in [-0.2, 0) is 21.1 Å². The maximum absolute atomic E-state index is 12.3. The summed E-state index contributed by atoms with van der Waals surface area (Å²) in [7, 11) is -3.33. The van der Waals surface area contributed by atoms with Crippen LogP contribution in [0.15, 0.2) is 41.3 Å². The largest absolute Gasteiger partial charge is 0.486 e. The quantitative estimate of drug-likeness (QED) is 0.904. The van der Waals surface area contributed by atoms with Crippen molar-refractivity contribution in [1.29, 1.82) is 0 Å². The minimum absolute atomic E-state index is 0.152. The summed E-state index contributed by atoms with van der Waals surface area (Å²) in [6.07, 6.45) is 1.29. The summed E-state index contributed by atoms with van der Waals surface area (Å²) in [5, 5.41) is 2.78. The Morgan fingerprint density at radius 1 is 1.08 bits per heavy atom. The number of ether oxygens (including phenoxy) is 2. The fourth-order valence-electron chi connectivity index (χ4n) is 2.54. The van der Waals surface area contributed by atoms with Gasteiger partial charge in [0.1, 0.15) is 13.2 Å². The molecule has 0 aliphatic carbocycles. The molecule has 1 aliphatic heterocycles. The summed E-state index contributed by atoms with van der Waals surface area (Å²) in [6.45, 7) is 2.81. The highest BCUT2D eigenvalue weighted by Crippen LogP contribution is 2.31. The summed E-state index contributed by atoms with van der Waals surface area (Å²) in [6, 6.07) is 10.1. The molecule has 0 spiro atoms. The first-order valence-corrected chi connectivity index (χ1v) is 9.71. The van der Waals surface area contributed by atoms with Crippen molar-refractivity contribution in [1.82, 2.24) is 0 Å². The van der Waals surface area contributed by atoms with Gasteiger partial charge in [-0.1, -0.05) is 12.1 Å². The molecule has 3 rings (SSSR count). The first kappa shape index (κ1) is 17.3. The normalized spacial score (nSPS) is 13.4. The second kappa shape index (κ2) is 6.76. The molecule has 2 aromatic rings. The summed E-state index contributed by atoms with van der Waals surface area (Å²) in [4.78, 5) is 12.5. The highest BCUT2D eigenvalue weighted by molar-refractivity contribution is 7.90. The Kier molecular flexibility index (Phi) is 4.67. The standard InChI is InChI=1S/C18H19NO5S/c1-12-3-5-14(25(2,21)22)11-15(12)19-18(20)10-13-4-6-16-17(9-13)24-8-7-23-16/h3-6,9,11H,7-8,10H2,1-2H3,(H,19,20).